The summed E-state index contributed by atoms with van der Waals surface area (Å²) in [5.41, 5.74) is 1.22. The maximum atomic E-state index is 12.6. The van der Waals surface area contributed by atoms with Crippen LogP contribution in [0.4, 0.5) is 5.69 Å². The van der Waals surface area contributed by atoms with Gasteiger partial charge in [-0.15, -0.1) is 0 Å². The highest BCUT2D eigenvalue weighted by molar-refractivity contribution is 7.92. The van der Waals surface area contributed by atoms with Crippen molar-refractivity contribution in [1.82, 2.24) is 5.32 Å². The molecule has 2 rings (SSSR count). The second-order valence-electron chi connectivity index (χ2n) is 6.23. The number of amides is 1. The quantitative estimate of drug-likeness (QED) is 0.692. The predicted octanol–water partition coefficient (Wildman–Crippen LogP) is 2.74. The number of sulfonamides is 1. The van der Waals surface area contributed by atoms with Gasteiger partial charge in [-0.1, -0.05) is 24.3 Å². The Hall–Kier alpha value is -2.74. The van der Waals surface area contributed by atoms with Crippen molar-refractivity contribution in [3.05, 3.63) is 54.1 Å². The van der Waals surface area contributed by atoms with E-state index in [0.717, 1.165) is 21.9 Å². The highest BCUT2D eigenvalue weighted by atomic mass is 32.2. The number of nitrogens with one attached hydrogen (secondary N) is 1. The van der Waals surface area contributed by atoms with Gasteiger partial charge in [-0.2, -0.15) is 0 Å². The lowest BCUT2D eigenvalue weighted by atomic mass is 10.1. The Balaban J connectivity index is 2.17. The van der Waals surface area contributed by atoms with Crippen LogP contribution < -0.4 is 19.1 Å². The van der Waals surface area contributed by atoms with Gasteiger partial charge in [0.25, 0.3) is 0 Å². The van der Waals surface area contributed by atoms with E-state index in [1.165, 1.54) is 0 Å². The molecule has 1 N–H and O–H groups in total. The van der Waals surface area contributed by atoms with Crippen LogP contribution in [0.3, 0.4) is 0 Å². The van der Waals surface area contributed by atoms with Gasteiger partial charge in [-0.25, -0.2) is 8.42 Å². The van der Waals surface area contributed by atoms with Gasteiger partial charge in [-0.3, -0.25) is 9.10 Å². The molecular weight excluding hydrogens is 380 g/mol. The topological polar surface area (TPSA) is 84.9 Å². The summed E-state index contributed by atoms with van der Waals surface area (Å²) in [7, 11) is -2.10. The lowest BCUT2D eigenvalue weighted by Gasteiger charge is -2.25. The van der Waals surface area contributed by atoms with E-state index in [0.29, 0.717) is 18.0 Å². The van der Waals surface area contributed by atoms with E-state index in [1.807, 2.05) is 26.0 Å². The first-order valence-electron chi connectivity index (χ1n) is 8.89. The van der Waals surface area contributed by atoms with Crippen molar-refractivity contribution >= 4 is 21.6 Å². The number of carbonyl (C=O) groups excluding carboxylic acids is 1. The number of rotatable bonds is 9. The molecule has 0 aliphatic heterocycles. The van der Waals surface area contributed by atoms with Gasteiger partial charge in [0, 0.05) is 0 Å². The molecule has 0 bridgehead atoms. The summed E-state index contributed by atoms with van der Waals surface area (Å²) in [4.78, 5) is 12.6. The summed E-state index contributed by atoms with van der Waals surface area (Å²) < 4.78 is 36.3. The summed E-state index contributed by atoms with van der Waals surface area (Å²) in [6.45, 7) is 3.68. The lowest BCUT2D eigenvalue weighted by Crippen LogP contribution is -2.41. The second kappa shape index (κ2) is 9.45. The molecule has 0 radical (unpaired) electrons. The van der Waals surface area contributed by atoms with E-state index >= 15 is 0 Å². The van der Waals surface area contributed by atoms with Gasteiger partial charge in [0.05, 0.1) is 31.7 Å². The summed E-state index contributed by atoms with van der Waals surface area (Å²) >= 11 is 0. The van der Waals surface area contributed by atoms with E-state index < -0.39 is 15.9 Å². The number of hydrogen-bond donors (Lipinski definition) is 1. The van der Waals surface area contributed by atoms with Gasteiger partial charge in [-0.05, 0) is 43.7 Å². The molecule has 0 aliphatic rings. The number of ether oxygens (including phenoxy) is 2. The van der Waals surface area contributed by atoms with Crippen LogP contribution in [0.1, 0.15) is 25.5 Å². The Kier molecular flexibility index (Phi) is 7.28. The summed E-state index contributed by atoms with van der Waals surface area (Å²) in [5.74, 6) is 0.713. The Morgan fingerprint density at radius 1 is 1.14 bits per heavy atom. The van der Waals surface area contributed by atoms with Crippen LogP contribution >= 0.6 is 0 Å². The molecule has 1 atom stereocenters. The molecule has 0 aromatic heterocycles. The van der Waals surface area contributed by atoms with Crippen LogP contribution in [0.25, 0.3) is 0 Å². The maximum absolute atomic E-state index is 12.6. The summed E-state index contributed by atoms with van der Waals surface area (Å²) in [5, 5.41) is 2.83. The van der Waals surface area contributed by atoms with Crippen molar-refractivity contribution in [1.29, 1.82) is 0 Å². The number of carbonyl (C=O) groups is 1. The molecule has 8 heteroatoms. The minimum absolute atomic E-state index is 0.290. The molecular formula is C20H26N2O5S. The van der Waals surface area contributed by atoms with Crippen LogP contribution in [-0.4, -0.2) is 40.8 Å². The van der Waals surface area contributed by atoms with Gasteiger partial charge >= 0.3 is 0 Å². The van der Waals surface area contributed by atoms with Gasteiger partial charge in [0.2, 0.25) is 15.9 Å². The molecule has 2 aromatic rings. The van der Waals surface area contributed by atoms with E-state index in [2.05, 4.69) is 5.32 Å². The number of benzene rings is 2. The van der Waals surface area contributed by atoms with E-state index in [9.17, 15) is 13.2 Å². The van der Waals surface area contributed by atoms with Crippen LogP contribution in [0.15, 0.2) is 48.5 Å². The van der Waals surface area contributed by atoms with Crippen LogP contribution in [0.2, 0.25) is 0 Å². The Morgan fingerprint density at radius 3 is 2.36 bits per heavy atom. The van der Waals surface area contributed by atoms with Crippen molar-refractivity contribution in [2.45, 2.75) is 19.9 Å². The average molecular weight is 407 g/mol. The van der Waals surface area contributed by atoms with Crippen LogP contribution in [-0.2, 0) is 14.8 Å². The van der Waals surface area contributed by atoms with Crippen molar-refractivity contribution in [2.24, 2.45) is 0 Å². The zero-order chi connectivity index (χ0) is 20.7. The normalized spacial score (nSPS) is 12.1. The lowest BCUT2D eigenvalue weighted by molar-refractivity contribution is -0.120. The van der Waals surface area contributed by atoms with Crippen molar-refractivity contribution in [2.75, 3.05) is 30.8 Å². The first-order valence-corrected chi connectivity index (χ1v) is 10.7. The highest BCUT2D eigenvalue weighted by Gasteiger charge is 2.24. The standard InChI is InChI=1S/C20H26N2O5S/c1-5-27-19-9-7-6-8-18(19)22(28(4,24)25)14-20(23)21-15(2)16-10-12-17(26-3)13-11-16/h6-13,15H,5,14H2,1-4H3,(H,21,23)/t15-/m1/s1. The fourth-order valence-electron chi connectivity index (χ4n) is 2.72. The molecule has 0 spiro atoms. The molecule has 28 heavy (non-hydrogen) atoms. The summed E-state index contributed by atoms with van der Waals surface area (Å²) in [6.07, 6.45) is 1.07. The number of hydrogen-bond acceptors (Lipinski definition) is 5. The van der Waals surface area contributed by atoms with E-state index in [-0.39, 0.29) is 12.6 Å². The Morgan fingerprint density at radius 2 is 1.79 bits per heavy atom. The monoisotopic (exact) mass is 406 g/mol. The van der Waals surface area contributed by atoms with Gasteiger partial charge in [0.15, 0.2) is 0 Å². The predicted molar refractivity (Wildman–Crippen MR) is 109 cm³/mol. The SMILES string of the molecule is CCOc1ccccc1N(CC(=O)N[C@H](C)c1ccc(OC)cc1)S(C)(=O)=O. The summed E-state index contributed by atoms with van der Waals surface area (Å²) in [6, 6.07) is 13.8. The number of anilines is 1. The molecule has 2 aromatic carbocycles. The molecule has 0 saturated heterocycles. The smallest absolute Gasteiger partial charge is 0.241 e. The third kappa shape index (κ3) is 5.63. The highest BCUT2D eigenvalue weighted by Crippen LogP contribution is 2.29. The third-order valence-electron chi connectivity index (χ3n) is 4.11. The van der Waals surface area contributed by atoms with E-state index in [1.54, 1.807) is 43.5 Å². The molecule has 0 unspecified atom stereocenters. The zero-order valence-corrected chi connectivity index (χ0v) is 17.3. The van der Waals surface area contributed by atoms with Gasteiger partial charge < -0.3 is 14.8 Å². The minimum Gasteiger partial charge on any atom is -0.497 e. The fraction of sp³-hybridized carbons (Fsp3) is 0.350. The van der Waals surface area contributed by atoms with Gasteiger partial charge in [0.1, 0.15) is 18.0 Å². The molecule has 1 amide bonds. The average Bonchev–Trinajstić information content (AvgIpc) is 2.66. The maximum Gasteiger partial charge on any atom is 0.241 e. The Labute approximate surface area is 166 Å². The third-order valence-corrected chi connectivity index (χ3v) is 5.24. The van der Waals surface area contributed by atoms with Crippen molar-refractivity contribution < 1.29 is 22.7 Å². The molecule has 0 saturated carbocycles. The van der Waals surface area contributed by atoms with Crippen LogP contribution in [0, 0.1) is 0 Å². The van der Waals surface area contributed by atoms with Crippen molar-refractivity contribution in [3.8, 4) is 11.5 Å². The zero-order valence-electron chi connectivity index (χ0n) is 16.5. The number of nitrogens with zero attached hydrogens (tertiary/aromatic N) is 1. The number of para-hydroxylation sites is 2. The largest absolute Gasteiger partial charge is 0.497 e. The molecule has 0 heterocycles. The number of methoxy groups -OCH3 is 1. The Bertz CT molecular complexity index is 897. The second-order valence-corrected chi connectivity index (χ2v) is 8.14. The molecule has 7 nitrogen and oxygen atoms in total. The fourth-order valence-corrected chi connectivity index (χ4v) is 3.58. The minimum atomic E-state index is -3.69. The van der Waals surface area contributed by atoms with E-state index in [4.69, 9.17) is 9.47 Å². The first-order chi connectivity index (χ1) is 13.3. The molecule has 152 valence electrons. The van der Waals surface area contributed by atoms with Crippen LogP contribution in [0.5, 0.6) is 11.5 Å². The van der Waals surface area contributed by atoms with Crippen molar-refractivity contribution in [3.63, 3.8) is 0 Å². The first kappa shape index (κ1) is 21.6. The molecule has 0 aliphatic carbocycles. The molecule has 0 fully saturated rings.